The van der Waals surface area contributed by atoms with E-state index in [0.29, 0.717) is 43.2 Å². The van der Waals surface area contributed by atoms with Gasteiger partial charge in [0, 0.05) is 29.7 Å². The van der Waals surface area contributed by atoms with Crippen molar-refractivity contribution in [3.05, 3.63) is 60.0 Å². The van der Waals surface area contributed by atoms with Crippen LogP contribution in [0.3, 0.4) is 0 Å². The van der Waals surface area contributed by atoms with Gasteiger partial charge in [-0.25, -0.2) is 4.98 Å². The van der Waals surface area contributed by atoms with Gasteiger partial charge < -0.3 is 20.3 Å². The van der Waals surface area contributed by atoms with Crippen LogP contribution in [0.15, 0.2) is 48.8 Å². The molecule has 0 spiro atoms. The predicted molar refractivity (Wildman–Crippen MR) is 120 cm³/mol. The average molecular weight is 434 g/mol. The molecule has 0 amide bonds. The molecule has 1 aliphatic rings. The smallest absolute Gasteiger partial charge is 0.306 e. The van der Waals surface area contributed by atoms with Crippen molar-refractivity contribution in [2.24, 2.45) is 5.92 Å². The Bertz CT molecular complexity index is 1110. The zero-order chi connectivity index (χ0) is 22.7. The van der Waals surface area contributed by atoms with E-state index in [1.165, 1.54) is 0 Å². The molecule has 0 saturated heterocycles. The first-order chi connectivity index (χ1) is 15.4. The first kappa shape index (κ1) is 21.7. The standard InChI is InChI=1S/C24H26N4O4/c1-15-11-18(13-19(12-15)27-23-25-10-7-21(28-23)32-2)17-3-4-20(26-14-17)24(31)8-5-16(6-9-24)22(29)30/h3-4,7,10-14,16,31H,5-6,8-9H2,1-2H3,(H,29,30)(H,25,27,28)/t16-,24-. The maximum Gasteiger partial charge on any atom is 0.306 e. The number of hydrogen-bond acceptors (Lipinski definition) is 7. The first-order valence-corrected chi connectivity index (χ1v) is 10.5. The molecule has 2 heterocycles. The first-order valence-electron chi connectivity index (χ1n) is 10.5. The van der Waals surface area contributed by atoms with Crippen LogP contribution in [-0.4, -0.2) is 38.2 Å². The summed E-state index contributed by atoms with van der Waals surface area (Å²) < 4.78 is 5.15. The lowest BCUT2D eigenvalue weighted by molar-refractivity contribution is -0.145. The molecule has 1 saturated carbocycles. The highest BCUT2D eigenvalue weighted by atomic mass is 16.5. The van der Waals surface area contributed by atoms with Gasteiger partial charge in [0.2, 0.25) is 11.8 Å². The van der Waals surface area contributed by atoms with Crippen LogP contribution in [0.25, 0.3) is 11.1 Å². The zero-order valence-corrected chi connectivity index (χ0v) is 18.1. The molecule has 0 unspecified atom stereocenters. The van der Waals surface area contributed by atoms with Crippen molar-refractivity contribution >= 4 is 17.6 Å². The summed E-state index contributed by atoms with van der Waals surface area (Å²) in [5.41, 5.74) is 3.28. The molecule has 0 atom stereocenters. The normalized spacial score (nSPS) is 20.5. The van der Waals surface area contributed by atoms with Gasteiger partial charge >= 0.3 is 5.97 Å². The predicted octanol–water partition coefficient (Wildman–Crippen LogP) is 4.06. The molecular formula is C24H26N4O4. The minimum Gasteiger partial charge on any atom is -0.481 e. The van der Waals surface area contributed by atoms with E-state index in [0.717, 1.165) is 22.4 Å². The van der Waals surface area contributed by atoms with E-state index < -0.39 is 11.6 Å². The van der Waals surface area contributed by atoms with E-state index in [4.69, 9.17) is 4.74 Å². The Morgan fingerprint density at radius 2 is 1.91 bits per heavy atom. The largest absolute Gasteiger partial charge is 0.481 e. The summed E-state index contributed by atoms with van der Waals surface area (Å²) in [4.78, 5) is 24.2. The fourth-order valence-electron chi connectivity index (χ4n) is 4.11. The molecule has 1 aliphatic carbocycles. The number of aliphatic carboxylic acids is 1. The van der Waals surface area contributed by atoms with E-state index in [9.17, 15) is 15.0 Å². The molecule has 1 aromatic carbocycles. The number of benzene rings is 1. The highest BCUT2D eigenvalue weighted by Gasteiger charge is 2.38. The molecule has 3 N–H and O–H groups in total. The van der Waals surface area contributed by atoms with Crippen molar-refractivity contribution in [1.82, 2.24) is 15.0 Å². The van der Waals surface area contributed by atoms with Gasteiger partial charge in [-0.2, -0.15) is 4.98 Å². The molecular weight excluding hydrogens is 408 g/mol. The molecule has 166 valence electrons. The number of nitrogens with zero attached hydrogens (tertiary/aromatic N) is 3. The van der Waals surface area contributed by atoms with Crippen molar-refractivity contribution in [2.75, 3.05) is 12.4 Å². The van der Waals surface area contributed by atoms with Crippen molar-refractivity contribution in [3.8, 4) is 17.0 Å². The number of nitrogens with one attached hydrogen (secondary N) is 1. The van der Waals surface area contributed by atoms with E-state index in [-0.39, 0.29) is 5.92 Å². The van der Waals surface area contributed by atoms with E-state index in [1.807, 2.05) is 31.2 Å². The van der Waals surface area contributed by atoms with E-state index >= 15 is 0 Å². The Balaban J connectivity index is 1.53. The lowest BCUT2D eigenvalue weighted by Crippen LogP contribution is -2.34. The highest BCUT2D eigenvalue weighted by Crippen LogP contribution is 2.39. The molecule has 0 bridgehead atoms. The summed E-state index contributed by atoms with van der Waals surface area (Å²) in [6, 6.07) is 11.5. The summed E-state index contributed by atoms with van der Waals surface area (Å²) in [5, 5.41) is 23.4. The average Bonchev–Trinajstić information content (AvgIpc) is 2.79. The van der Waals surface area contributed by atoms with Crippen LogP contribution in [0.5, 0.6) is 5.88 Å². The second kappa shape index (κ2) is 8.92. The number of anilines is 2. The second-order valence-electron chi connectivity index (χ2n) is 8.21. The lowest BCUT2D eigenvalue weighted by atomic mass is 9.77. The Hall–Kier alpha value is -3.52. The molecule has 2 aromatic heterocycles. The monoisotopic (exact) mass is 434 g/mol. The van der Waals surface area contributed by atoms with Crippen LogP contribution in [0, 0.1) is 12.8 Å². The van der Waals surface area contributed by atoms with Crippen LogP contribution in [-0.2, 0) is 10.4 Å². The lowest BCUT2D eigenvalue weighted by Gasteiger charge is -2.34. The van der Waals surface area contributed by atoms with Gasteiger partial charge in [-0.3, -0.25) is 9.78 Å². The van der Waals surface area contributed by atoms with Crippen LogP contribution in [0.1, 0.15) is 36.9 Å². The number of carboxylic acids is 1. The topological polar surface area (TPSA) is 117 Å². The zero-order valence-electron chi connectivity index (χ0n) is 18.1. The quantitative estimate of drug-likeness (QED) is 0.532. The molecule has 8 nitrogen and oxygen atoms in total. The van der Waals surface area contributed by atoms with Gasteiger partial charge in [0.25, 0.3) is 0 Å². The molecule has 3 aromatic rings. The number of hydrogen-bond donors (Lipinski definition) is 3. The fraction of sp³-hybridized carbons (Fsp3) is 0.333. The fourth-order valence-corrected chi connectivity index (χ4v) is 4.11. The minimum atomic E-state index is -1.08. The molecule has 0 aliphatic heterocycles. The van der Waals surface area contributed by atoms with Crippen LogP contribution in [0.2, 0.25) is 0 Å². The third kappa shape index (κ3) is 4.70. The summed E-state index contributed by atoms with van der Waals surface area (Å²) in [5.74, 6) is -0.265. The molecule has 4 rings (SSSR count). The summed E-state index contributed by atoms with van der Waals surface area (Å²) >= 11 is 0. The molecule has 8 heteroatoms. The second-order valence-corrected chi connectivity index (χ2v) is 8.21. The van der Waals surface area contributed by atoms with Crippen molar-refractivity contribution in [1.29, 1.82) is 0 Å². The van der Waals surface area contributed by atoms with Gasteiger partial charge in [0.15, 0.2) is 0 Å². The van der Waals surface area contributed by atoms with Gasteiger partial charge in [-0.1, -0.05) is 12.1 Å². The van der Waals surface area contributed by atoms with Crippen LogP contribution < -0.4 is 10.1 Å². The number of carbonyl (C=O) groups is 1. The van der Waals surface area contributed by atoms with E-state index in [1.54, 1.807) is 25.6 Å². The number of methoxy groups -OCH3 is 1. The highest BCUT2D eigenvalue weighted by molar-refractivity contribution is 5.71. The van der Waals surface area contributed by atoms with Gasteiger partial charge in [0.05, 0.1) is 18.7 Å². The number of rotatable bonds is 6. The maximum atomic E-state index is 11.2. The summed E-state index contributed by atoms with van der Waals surface area (Å²) in [7, 11) is 1.56. The molecule has 0 radical (unpaired) electrons. The van der Waals surface area contributed by atoms with Gasteiger partial charge in [-0.05, 0) is 61.9 Å². The van der Waals surface area contributed by atoms with Crippen LogP contribution >= 0.6 is 0 Å². The number of ether oxygens (including phenoxy) is 1. The summed E-state index contributed by atoms with van der Waals surface area (Å²) in [6.07, 6.45) is 5.08. The third-order valence-corrected chi connectivity index (χ3v) is 5.91. The maximum absolute atomic E-state index is 11.2. The molecule has 32 heavy (non-hydrogen) atoms. The number of carboxylic acid groups (broad SMARTS) is 1. The minimum absolute atomic E-state index is 0.388. The van der Waals surface area contributed by atoms with Crippen molar-refractivity contribution in [2.45, 2.75) is 38.2 Å². The Kier molecular flexibility index (Phi) is 6.05. The van der Waals surface area contributed by atoms with Gasteiger partial charge in [0.1, 0.15) is 5.60 Å². The van der Waals surface area contributed by atoms with Crippen molar-refractivity contribution in [3.63, 3.8) is 0 Å². The van der Waals surface area contributed by atoms with Crippen LogP contribution in [0.4, 0.5) is 11.6 Å². The van der Waals surface area contributed by atoms with Crippen molar-refractivity contribution < 1.29 is 19.7 Å². The Morgan fingerprint density at radius 3 is 2.56 bits per heavy atom. The third-order valence-electron chi connectivity index (χ3n) is 5.91. The number of aryl methyl sites for hydroxylation is 1. The summed E-state index contributed by atoms with van der Waals surface area (Å²) in [6.45, 7) is 2.01. The Morgan fingerprint density at radius 1 is 1.12 bits per heavy atom. The molecule has 1 fully saturated rings. The number of aliphatic hydroxyl groups is 1. The number of aromatic nitrogens is 3. The Labute approximate surface area is 186 Å². The SMILES string of the molecule is COc1ccnc(Nc2cc(C)cc(-c3ccc([C@]4(O)CC[C@H](C(=O)O)CC4)nc3)c2)n1. The number of pyridine rings is 1. The van der Waals surface area contributed by atoms with Gasteiger partial charge in [-0.15, -0.1) is 0 Å². The van der Waals surface area contributed by atoms with E-state index in [2.05, 4.69) is 26.3 Å².